The van der Waals surface area contributed by atoms with Crippen molar-refractivity contribution in [2.75, 3.05) is 30.3 Å². The number of fused-ring (bicyclic) bond motifs is 1. The highest BCUT2D eigenvalue weighted by atomic mass is 32.2. The van der Waals surface area contributed by atoms with E-state index < -0.39 is 33.6 Å². The second-order valence-electron chi connectivity index (χ2n) is 9.58. The minimum atomic E-state index is -3.99. The van der Waals surface area contributed by atoms with Crippen LogP contribution < -0.4 is 20.2 Å². The Hall–Kier alpha value is -4.18. The Morgan fingerprint density at radius 1 is 1.12 bits per heavy atom. The highest BCUT2D eigenvalue weighted by Gasteiger charge is 2.26. The molecule has 0 atom stereocenters. The van der Waals surface area contributed by atoms with E-state index in [1.54, 1.807) is 6.07 Å². The molecule has 1 saturated carbocycles. The number of nitrogens with zero attached hydrogens (tertiary/aromatic N) is 2. The number of carbonyl (C=O) groups excluding carboxylic acids is 1. The quantitative estimate of drug-likeness (QED) is 0.123. The van der Waals surface area contributed by atoms with Gasteiger partial charge in [0.2, 0.25) is 0 Å². The first kappa shape index (κ1) is 29.3. The third-order valence-electron chi connectivity index (χ3n) is 6.69. The highest BCUT2D eigenvalue weighted by Crippen LogP contribution is 2.41. The predicted octanol–water partition coefficient (Wildman–Crippen LogP) is 3.65. The van der Waals surface area contributed by atoms with Gasteiger partial charge in [0.15, 0.2) is 11.6 Å². The maximum Gasteiger partial charge on any atom is 0.298 e. The van der Waals surface area contributed by atoms with Crippen LogP contribution >= 0.6 is 0 Å². The van der Waals surface area contributed by atoms with Gasteiger partial charge in [-0.25, -0.2) is 28.4 Å². The van der Waals surface area contributed by atoms with Crippen LogP contribution in [-0.4, -0.2) is 49.2 Å². The van der Waals surface area contributed by atoms with E-state index in [1.807, 2.05) is 4.72 Å². The molecule has 0 spiro atoms. The Kier molecular flexibility index (Phi) is 8.36. The van der Waals surface area contributed by atoms with E-state index in [2.05, 4.69) is 20.5 Å². The van der Waals surface area contributed by atoms with Gasteiger partial charge in [-0.1, -0.05) is 18.2 Å². The van der Waals surface area contributed by atoms with Crippen LogP contribution in [0.15, 0.2) is 48.8 Å². The van der Waals surface area contributed by atoms with Gasteiger partial charge in [0, 0.05) is 12.6 Å². The van der Waals surface area contributed by atoms with E-state index in [0.717, 1.165) is 18.4 Å². The lowest BCUT2D eigenvalue weighted by atomic mass is 10.1. The predicted molar refractivity (Wildman–Crippen MR) is 149 cm³/mol. The largest absolute Gasteiger partial charge is 0.394 e. The average molecular weight is 605 g/mol. The number of imidazole rings is 1. The molecule has 222 valence electrons. The summed E-state index contributed by atoms with van der Waals surface area (Å²) >= 11 is 0. The first-order chi connectivity index (χ1) is 20.1. The van der Waals surface area contributed by atoms with Crippen LogP contribution in [0.1, 0.15) is 40.2 Å². The molecule has 3 aromatic carbocycles. The lowest BCUT2D eigenvalue weighted by molar-refractivity contribution is 0.0169. The lowest BCUT2D eigenvalue weighted by Gasteiger charge is -2.16. The molecule has 15 heteroatoms. The molecule has 1 aromatic heterocycles. The summed E-state index contributed by atoms with van der Waals surface area (Å²) in [6.07, 6.45) is 3.17. The number of aromatic nitrogens is 2. The van der Waals surface area contributed by atoms with Crippen LogP contribution in [0.3, 0.4) is 0 Å². The standard InChI is InChI=1S/C27H27F3N6O5S/c1-31-42(39,40)35-21-4-2-3-17(23(21)29)13-36-14-32-26-22(36)12-18(27(38)34-41-10-9-37)25(24(26)30)33-20-8-7-16(11-19(20)28)15-5-6-15/h2-4,7-8,11-12,14-15,31,33,35,37H,5-6,9-10,13H2,1H3,(H,34,38). The van der Waals surface area contributed by atoms with E-state index in [4.69, 9.17) is 9.94 Å². The van der Waals surface area contributed by atoms with E-state index in [9.17, 15) is 17.6 Å². The summed E-state index contributed by atoms with van der Waals surface area (Å²) < 4.78 is 75.3. The maximum absolute atomic E-state index is 16.0. The van der Waals surface area contributed by atoms with Gasteiger partial charge in [0.25, 0.3) is 16.1 Å². The Morgan fingerprint density at radius 2 is 1.90 bits per heavy atom. The maximum atomic E-state index is 16.0. The van der Waals surface area contributed by atoms with Gasteiger partial charge in [-0.2, -0.15) is 8.42 Å². The summed E-state index contributed by atoms with van der Waals surface area (Å²) in [6, 6.07) is 9.94. The fraction of sp³-hybridized carbons (Fsp3) is 0.259. The van der Waals surface area contributed by atoms with Crippen LogP contribution in [0.5, 0.6) is 0 Å². The van der Waals surface area contributed by atoms with Crippen LogP contribution in [0.2, 0.25) is 0 Å². The SMILES string of the molecule is CNS(=O)(=O)Nc1cccc(Cn2cnc3c(F)c(Nc4ccc(C5CC5)cc4F)c(C(=O)NOCCO)cc32)c1F. The zero-order valence-electron chi connectivity index (χ0n) is 22.2. The first-order valence-corrected chi connectivity index (χ1v) is 14.4. The van der Waals surface area contributed by atoms with Gasteiger partial charge in [-0.05, 0) is 48.6 Å². The zero-order chi connectivity index (χ0) is 30.0. The van der Waals surface area contributed by atoms with Crippen LogP contribution in [-0.2, 0) is 21.6 Å². The fourth-order valence-electron chi connectivity index (χ4n) is 4.40. The van der Waals surface area contributed by atoms with E-state index >= 15 is 8.78 Å². The number of benzene rings is 3. The minimum absolute atomic E-state index is 0.0447. The number of amides is 1. The van der Waals surface area contributed by atoms with Crippen molar-refractivity contribution in [1.29, 1.82) is 0 Å². The van der Waals surface area contributed by atoms with Crippen molar-refractivity contribution < 1.29 is 36.3 Å². The molecule has 0 unspecified atom stereocenters. The summed E-state index contributed by atoms with van der Waals surface area (Å²) in [5.41, 5.74) is 1.88. The van der Waals surface area contributed by atoms with Crippen LogP contribution in [0, 0.1) is 17.5 Å². The summed E-state index contributed by atoms with van der Waals surface area (Å²) in [4.78, 5) is 22.0. The first-order valence-electron chi connectivity index (χ1n) is 12.9. The molecule has 0 saturated heterocycles. The molecule has 4 aromatic rings. The molecular weight excluding hydrogens is 577 g/mol. The third kappa shape index (κ3) is 6.18. The van der Waals surface area contributed by atoms with Gasteiger partial charge in [0.1, 0.15) is 11.3 Å². The summed E-state index contributed by atoms with van der Waals surface area (Å²) in [6.45, 7) is -0.830. The van der Waals surface area contributed by atoms with Gasteiger partial charge in [-0.3, -0.25) is 14.4 Å². The number of carbonyl (C=O) groups is 1. The zero-order valence-corrected chi connectivity index (χ0v) is 23.1. The molecule has 5 rings (SSSR count). The van der Waals surface area contributed by atoms with E-state index in [1.165, 1.54) is 54.3 Å². The van der Waals surface area contributed by atoms with Crippen LogP contribution in [0.25, 0.3) is 11.0 Å². The number of rotatable bonds is 12. The number of aliphatic hydroxyl groups excluding tert-OH is 1. The summed E-state index contributed by atoms with van der Waals surface area (Å²) in [7, 11) is -2.82. The highest BCUT2D eigenvalue weighted by molar-refractivity contribution is 7.90. The van der Waals surface area contributed by atoms with Crippen molar-refractivity contribution in [1.82, 2.24) is 19.8 Å². The number of anilines is 3. The number of nitrogens with one attached hydrogen (secondary N) is 4. The van der Waals surface area contributed by atoms with Crippen molar-refractivity contribution in [3.63, 3.8) is 0 Å². The Labute approximate surface area is 238 Å². The average Bonchev–Trinajstić information content (AvgIpc) is 3.74. The smallest absolute Gasteiger partial charge is 0.298 e. The molecule has 1 amide bonds. The molecule has 1 aliphatic carbocycles. The number of aliphatic hydroxyl groups is 1. The molecule has 1 heterocycles. The van der Waals surface area contributed by atoms with Gasteiger partial charge >= 0.3 is 0 Å². The Bertz CT molecular complexity index is 1760. The fourth-order valence-corrected chi connectivity index (χ4v) is 4.95. The number of halogens is 3. The third-order valence-corrected chi connectivity index (χ3v) is 7.72. The molecule has 5 N–H and O–H groups in total. The topological polar surface area (TPSA) is 147 Å². The molecule has 11 nitrogen and oxygen atoms in total. The molecule has 0 radical (unpaired) electrons. The summed E-state index contributed by atoms with van der Waals surface area (Å²) in [5, 5.41) is 11.6. The molecule has 1 aliphatic rings. The molecule has 42 heavy (non-hydrogen) atoms. The summed E-state index contributed by atoms with van der Waals surface area (Å²) in [5.74, 6) is -3.07. The minimum Gasteiger partial charge on any atom is -0.394 e. The monoisotopic (exact) mass is 604 g/mol. The van der Waals surface area contributed by atoms with Crippen molar-refractivity contribution in [3.05, 3.63) is 82.9 Å². The molecule has 0 aliphatic heterocycles. The number of hydrogen-bond acceptors (Lipinski definition) is 7. The van der Waals surface area contributed by atoms with Crippen molar-refractivity contribution in [2.45, 2.75) is 25.3 Å². The van der Waals surface area contributed by atoms with Crippen molar-refractivity contribution >= 4 is 44.2 Å². The Morgan fingerprint density at radius 3 is 2.60 bits per heavy atom. The van der Waals surface area contributed by atoms with E-state index in [0.29, 0.717) is 5.92 Å². The second-order valence-corrected chi connectivity index (χ2v) is 11.2. The number of hydrogen-bond donors (Lipinski definition) is 5. The lowest BCUT2D eigenvalue weighted by Crippen LogP contribution is -2.27. The Balaban J connectivity index is 1.53. The van der Waals surface area contributed by atoms with Crippen molar-refractivity contribution in [2.24, 2.45) is 0 Å². The number of hydroxylamine groups is 1. The van der Waals surface area contributed by atoms with Gasteiger partial charge in [0.05, 0.1) is 54.2 Å². The van der Waals surface area contributed by atoms with Crippen molar-refractivity contribution in [3.8, 4) is 0 Å². The molecule has 1 fully saturated rings. The van der Waals surface area contributed by atoms with Gasteiger partial charge in [-0.15, -0.1) is 0 Å². The van der Waals surface area contributed by atoms with Gasteiger partial charge < -0.3 is 15.0 Å². The van der Waals surface area contributed by atoms with Crippen LogP contribution in [0.4, 0.5) is 30.2 Å². The molecular formula is C27H27F3N6O5S. The van der Waals surface area contributed by atoms with E-state index in [-0.39, 0.29) is 59.0 Å². The second kappa shape index (κ2) is 12.0. The normalized spacial score (nSPS) is 13.4. The molecule has 0 bridgehead atoms.